The van der Waals surface area contributed by atoms with Gasteiger partial charge in [-0.1, -0.05) is 12.1 Å². The Balaban J connectivity index is 1.92. The number of methoxy groups -OCH3 is 3. The standard InChI is InChI=1S/C16H20N2O4S/c1-20-12-6-4-11(5-7-12)8-14-18-13(10-23-14)16(19)17-9-15(21-2)22-3/h4-7,10,15H,8-9H2,1-3H3,(H,17,19). The van der Waals surface area contributed by atoms with Crippen LogP contribution in [0.5, 0.6) is 5.75 Å². The number of carbonyl (C=O) groups excluding carboxylic acids is 1. The lowest BCUT2D eigenvalue weighted by molar-refractivity contribution is -0.0974. The zero-order chi connectivity index (χ0) is 16.7. The van der Waals surface area contributed by atoms with E-state index >= 15 is 0 Å². The first-order chi connectivity index (χ1) is 11.2. The lowest BCUT2D eigenvalue weighted by atomic mass is 10.1. The molecule has 2 aromatic rings. The molecule has 23 heavy (non-hydrogen) atoms. The molecular formula is C16H20N2O4S. The molecule has 0 unspecified atom stereocenters. The highest BCUT2D eigenvalue weighted by Crippen LogP contribution is 2.17. The SMILES string of the molecule is COc1ccc(Cc2nc(C(=O)NCC(OC)OC)cs2)cc1. The summed E-state index contributed by atoms with van der Waals surface area (Å²) in [5, 5.41) is 5.37. The normalized spacial score (nSPS) is 10.8. The first kappa shape index (κ1) is 17.4. The molecule has 1 amide bonds. The summed E-state index contributed by atoms with van der Waals surface area (Å²) in [5.41, 5.74) is 1.52. The number of rotatable bonds is 8. The fourth-order valence-electron chi connectivity index (χ4n) is 1.94. The molecule has 1 aromatic carbocycles. The second-order valence-electron chi connectivity index (χ2n) is 4.76. The Bertz CT molecular complexity index is 623. The molecule has 1 heterocycles. The van der Waals surface area contributed by atoms with Crippen molar-refractivity contribution in [3.05, 3.63) is 45.9 Å². The molecule has 7 heteroatoms. The van der Waals surface area contributed by atoms with Gasteiger partial charge in [-0.25, -0.2) is 4.98 Å². The summed E-state index contributed by atoms with van der Waals surface area (Å²) in [4.78, 5) is 16.4. The third-order valence-corrected chi connectivity index (χ3v) is 4.10. The summed E-state index contributed by atoms with van der Waals surface area (Å²) >= 11 is 1.46. The number of amides is 1. The van der Waals surface area contributed by atoms with Gasteiger partial charge in [0.05, 0.1) is 18.7 Å². The fourth-order valence-corrected chi connectivity index (χ4v) is 2.75. The summed E-state index contributed by atoms with van der Waals surface area (Å²) < 4.78 is 15.2. The molecule has 2 rings (SSSR count). The van der Waals surface area contributed by atoms with Crippen LogP contribution in [-0.2, 0) is 15.9 Å². The Morgan fingerprint density at radius 2 is 1.91 bits per heavy atom. The first-order valence-corrected chi connectivity index (χ1v) is 7.95. The number of hydrogen-bond acceptors (Lipinski definition) is 6. The van der Waals surface area contributed by atoms with Crippen LogP contribution >= 0.6 is 11.3 Å². The van der Waals surface area contributed by atoms with Crippen LogP contribution in [0, 0.1) is 0 Å². The van der Waals surface area contributed by atoms with Crippen LogP contribution in [0.1, 0.15) is 21.1 Å². The molecule has 1 N–H and O–H groups in total. The fraction of sp³-hybridized carbons (Fsp3) is 0.375. The van der Waals surface area contributed by atoms with Crippen molar-refractivity contribution in [3.63, 3.8) is 0 Å². The molecule has 0 bridgehead atoms. The van der Waals surface area contributed by atoms with Gasteiger partial charge < -0.3 is 19.5 Å². The number of ether oxygens (including phenoxy) is 3. The second kappa shape index (κ2) is 8.61. The number of aromatic nitrogens is 1. The lowest BCUT2D eigenvalue weighted by Gasteiger charge is -2.13. The van der Waals surface area contributed by atoms with E-state index in [4.69, 9.17) is 14.2 Å². The van der Waals surface area contributed by atoms with Crippen molar-refractivity contribution in [1.29, 1.82) is 0 Å². The number of hydrogen-bond donors (Lipinski definition) is 1. The molecule has 0 spiro atoms. The molecule has 0 fully saturated rings. The van der Waals surface area contributed by atoms with Gasteiger partial charge in [-0.2, -0.15) is 0 Å². The van der Waals surface area contributed by atoms with Crippen molar-refractivity contribution in [2.24, 2.45) is 0 Å². The zero-order valence-corrected chi connectivity index (χ0v) is 14.2. The van der Waals surface area contributed by atoms with Crippen LogP contribution < -0.4 is 10.1 Å². The lowest BCUT2D eigenvalue weighted by Crippen LogP contribution is -2.34. The maximum atomic E-state index is 12.0. The van der Waals surface area contributed by atoms with Crippen molar-refractivity contribution in [3.8, 4) is 5.75 Å². The summed E-state index contributed by atoms with van der Waals surface area (Å²) in [6.07, 6.45) is 0.220. The molecule has 124 valence electrons. The number of thiazole rings is 1. The van der Waals surface area contributed by atoms with E-state index in [1.807, 2.05) is 24.3 Å². The quantitative estimate of drug-likeness (QED) is 0.748. The molecule has 0 aliphatic carbocycles. The Kier molecular flexibility index (Phi) is 6.52. The van der Waals surface area contributed by atoms with Crippen molar-refractivity contribution >= 4 is 17.2 Å². The number of carbonyl (C=O) groups is 1. The summed E-state index contributed by atoms with van der Waals surface area (Å²) in [6.45, 7) is 0.275. The van der Waals surface area contributed by atoms with Crippen molar-refractivity contribution in [2.45, 2.75) is 12.7 Å². The van der Waals surface area contributed by atoms with Gasteiger partial charge in [0.15, 0.2) is 6.29 Å². The molecule has 0 atom stereocenters. The van der Waals surface area contributed by atoms with Crippen molar-refractivity contribution < 1.29 is 19.0 Å². The van der Waals surface area contributed by atoms with E-state index in [0.717, 1.165) is 16.3 Å². The maximum Gasteiger partial charge on any atom is 0.270 e. The minimum absolute atomic E-state index is 0.235. The van der Waals surface area contributed by atoms with Crippen LogP contribution in [0.3, 0.4) is 0 Å². The average Bonchev–Trinajstić information content (AvgIpc) is 3.05. The van der Waals surface area contributed by atoms with E-state index in [2.05, 4.69) is 10.3 Å². The molecule has 0 saturated carbocycles. The van der Waals surface area contributed by atoms with E-state index < -0.39 is 6.29 Å². The predicted octanol–water partition coefficient (Wildman–Crippen LogP) is 2.09. The molecule has 0 aliphatic rings. The van der Waals surface area contributed by atoms with Gasteiger partial charge in [-0.15, -0.1) is 11.3 Å². The third kappa shape index (κ3) is 5.02. The monoisotopic (exact) mass is 336 g/mol. The van der Waals surface area contributed by atoms with E-state index in [1.54, 1.807) is 12.5 Å². The maximum absolute atomic E-state index is 12.0. The molecular weight excluding hydrogens is 316 g/mol. The smallest absolute Gasteiger partial charge is 0.270 e. The van der Waals surface area contributed by atoms with E-state index in [9.17, 15) is 4.79 Å². The number of benzene rings is 1. The van der Waals surface area contributed by atoms with Crippen molar-refractivity contribution in [2.75, 3.05) is 27.9 Å². The topological polar surface area (TPSA) is 69.7 Å². The van der Waals surface area contributed by atoms with Gasteiger partial charge in [-0.3, -0.25) is 4.79 Å². The average molecular weight is 336 g/mol. The molecule has 0 radical (unpaired) electrons. The highest BCUT2D eigenvalue weighted by Gasteiger charge is 2.13. The van der Waals surface area contributed by atoms with Gasteiger partial charge in [0, 0.05) is 26.0 Å². The Hall–Kier alpha value is -1.96. The number of nitrogens with one attached hydrogen (secondary N) is 1. The van der Waals surface area contributed by atoms with Gasteiger partial charge in [0.1, 0.15) is 11.4 Å². The summed E-state index contributed by atoms with van der Waals surface area (Å²) in [7, 11) is 4.69. The highest BCUT2D eigenvalue weighted by molar-refractivity contribution is 7.09. The van der Waals surface area contributed by atoms with Crippen LogP contribution in [0.25, 0.3) is 0 Å². The van der Waals surface area contributed by atoms with Crippen LogP contribution in [0.2, 0.25) is 0 Å². The summed E-state index contributed by atoms with van der Waals surface area (Å²) in [6, 6.07) is 7.79. The molecule has 0 aliphatic heterocycles. The van der Waals surface area contributed by atoms with Crippen LogP contribution in [0.15, 0.2) is 29.6 Å². The van der Waals surface area contributed by atoms with Crippen molar-refractivity contribution in [1.82, 2.24) is 10.3 Å². The first-order valence-electron chi connectivity index (χ1n) is 7.07. The summed E-state index contributed by atoms with van der Waals surface area (Å²) in [5.74, 6) is 0.583. The minimum atomic E-state index is -0.462. The Labute approximate surface area is 139 Å². The predicted molar refractivity (Wildman–Crippen MR) is 88.1 cm³/mol. The largest absolute Gasteiger partial charge is 0.497 e. The van der Waals surface area contributed by atoms with E-state index in [1.165, 1.54) is 25.6 Å². The molecule has 0 saturated heterocycles. The Morgan fingerprint density at radius 1 is 1.22 bits per heavy atom. The third-order valence-electron chi connectivity index (χ3n) is 3.25. The van der Waals surface area contributed by atoms with E-state index in [0.29, 0.717) is 12.1 Å². The minimum Gasteiger partial charge on any atom is -0.497 e. The van der Waals surface area contributed by atoms with Crippen LogP contribution in [0.4, 0.5) is 0 Å². The van der Waals surface area contributed by atoms with Gasteiger partial charge >= 0.3 is 0 Å². The second-order valence-corrected chi connectivity index (χ2v) is 5.70. The molecule has 6 nitrogen and oxygen atoms in total. The number of nitrogens with zero attached hydrogens (tertiary/aromatic N) is 1. The van der Waals surface area contributed by atoms with Crippen LogP contribution in [-0.4, -0.2) is 45.1 Å². The highest BCUT2D eigenvalue weighted by atomic mass is 32.1. The van der Waals surface area contributed by atoms with Gasteiger partial charge in [0.25, 0.3) is 5.91 Å². The molecule has 1 aromatic heterocycles. The van der Waals surface area contributed by atoms with E-state index in [-0.39, 0.29) is 12.5 Å². The zero-order valence-electron chi connectivity index (χ0n) is 13.4. The van der Waals surface area contributed by atoms with Gasteiger partial charge in [-0.05, 0) is 17.7 Å². The Morgan fingerprint density at radius 3 is 2.52 bits per heavy atom. The van der Waals surface area contributed by atoms with Gasteiger partial charge in [0.2, 0.25) is 0 Å².